The second kappa shape index (κ2) is 5.95. The average molecular weight is 353 g/mol. The van der Waals surface area contributed by atoms with E-state index in [2.05, 4.69) is 4.98 Å². The minimum absolute atomic E-state index is 0.0314. The van der Waals surface area contributed by atoms with E-state index in [0.717, 1.165) is 17.4 Å². The Labute approximate surface area is 130 Å². The number of aryl methyl sites for hydroxylation is 1. The molecule has 0 fully saturated rings. The van der Waals surface area contributed by atoms with Gasteiger partial charge in [-0.3, -0.25) is 4.79 Å². The standard InChI is InChI=1S/C14H9F6NOS/c1-7-2-3-8(4-9(7)13(15,16)17)10-6-23-12(21-10)5-11(22)14(18,19)20/h2-4,6H,5H2,1H3. The van der Waals surface area contributed by atoms with Crippen LogP contribution in [0.15, 0.2) is 23.6 Å². The zero-order valence-corrected chi connectivity index (χ0v) is 12.4. The van der Waals surface area contributed by atoms with Crippen LogP contribution in [0.1, 0.15) is 16.1 Å². The monoisotopic (exact) mass is 353 g/mol. The van der Waals surface area contributed by atoms with E-state index in [1.54, 1.807) is 0 Å². The molecule has 0 aliphatic carbocycles. The number of hydrogen-bond acceptors (Lipinski definition) is 3. The van der Waals surface area contributed by atoms with Crippen LogP contribution in [0.3, 0.4) is 0 Å². The quantitative estimate of drug-likeness (QED) is 0.741. The van der Waals surface area contributed by atoms with Crippen molar-refractivity contribution in [3.8, 4) is 11.3 Å². The van der Waals surface area contributed by atoms with Crippen LogP contribution in [-0.4, -0.2) is 16.9 Å². The Hall–Kier alpha value is -1.90. The molecular weight excluding hydrogens is 344 g/mol. The molecule has 0 radical (unpaired) electrons. The van der Waals surface area contributed by atoms with Gasteiger partial charge in [-0.15, -0.1) is 11.3 Å². The fourth-order valence-corrected chi connectivity index (χ4v) is 2.65. The van der Waals surface area contributed by atoms with E-state index in [4.69, 9.17) is 0 Å². The van der Waals surface area contributed by atoms with Crippen molar-refractivity contribution in [3.05, 3.63) is 39.7 Å². The molecule has 23 heavy (non-hydrogen) atoms. The maximum atomic E-state index is 12.9. The van der Waals surface area contributed by atoms with Gasteiger partial charge in [0.15, 0.2) is 0 Å². The predicted octanol–water partition coefficient (Wildman–Crippen LogP) is 4.81. The maximum Gasteiger partial charge on any atom is 0.450 e. The molecule has 0 saturated heterocycles. The predicted molar refractivity (Wildman–Crippen MR) is 72.1 cm³/mol. The first-order valence-corrected chi connectivity index (χ1v) is 7.09. The highest BCUT2D eigenvalue weighted by Gasteiger charge is 2.38. The van der Waals surface area contributed by atoms with E-state index in [-0.39, 0.29) is 21.8 Å². The lowest BCUT2D eigenvalue weighted by molar-refractivity contribution is -0.170. The van der Waals surface area contributed by atoms with Gasteiger partial charge in [-0.2, -0.15) is 26.3 Å². The van der Waals surface area contributed by atoms with Gasteiger partial charge < -0.3 is 0 Å². The van der Waals surface area contributed by atoms with Crippen molar-refractivity contribution >= 4 is 17.1 Å². The minimum Gasteiger partial charge on any atom is -0.289 e. The summed E-state index contributed by atoms with van der Waals surface area (Å²) in [4.78, 5) is 14.7. The number of carbonyl (C=O) groups excluding carboxylic acids is 1. The Balaban J connectivity index is 2.29. The number of nitrogens with zero attached hydrogens (tertiary/aromatic N) is 1. The van der Waals surface area contributed by atoms with Crippen molar-refractivity contribution in [1.29, 1.82) is 0 Å². The van der Waals surface area contributed by atoms with Gasteiger partial charge in [-0.05, 0) is 18.6 Å². The third-order valence-electron chi connectivity index (χ3n) is 3.02. The minimum atomic E-state index is -4.96. The normalized spacial score (nSPS) is 12.5. The van der Waals surface area contributed by atoms with Crippen molar-refractivity contribution in [2.24, 2.45) is 0 Å². The van der Waals surface area contributed by atoms with E-state index < -0.39 is 30.1 Å². The fraction of sp³-hybridized carbons (Fsp3) is 0.286. The molecule has 0 unspecified atom stereocenters. The Morgan fingerprint density at radius 3 is 2.39 bits per heavy atom. The van der Waals surface area contributed by atoms with Gasteiger partial charge in [0.05, 0.1) is 17.7 Å². The Bertz CT molecular complexity index is 732. The van der Waals surface area contributed by atoms with Crippen LogP contribution in [0, 0.1) is 6.92 Å². The molecule has 1 aromatic carbocycles. The molecule has 1 heterocycles. The summed E-state index contributed by atoms with van der Waals surface area (Å²) >= 11 is 0.793. The zero-order valence-electron chi connectivity index (χ0n) is 11.5. The average Bonchev–Trinajstić information content (AvgIpc) is 2.85. The van der Waals surface area contributed by atoms with E-state index >= 15 is 0 Å². The molecule has 0 bridgehead atoms. The summed E-state index contributed by atoms with van der Waals surface area (Å²) in [5, 5.41) is 1.22. The smallest absolute Gasteiger partial charge is 0.289 e. The largest absolute Gasteiger partial charge is 0.450 e. The summed E-state index contributed by atoms with van der Waals surface area (Å²) in [6.45, 7) is 1.31. The zero-order chi connectivity index (χ0) is 17.4. The first-order chi connectivity index (χ1) is 10.5. The maximum absolute atomic E-state index is 12.9. The van der Waals surface area contributed by atoms with E-state index in [1.807, 2.05) is 0 Å². The molecular formula is C14H9F6NOS. The van der Waals surface area contributed by atoms with Crippen LogP contribution in [0.25, 0.3) is 11.3 Å². The number of aromatic nitrogens is 1. The highest BCUT2D eigenvalue weighted by molar-refractivity contribution is 7.10. The summed E-state index contributed by atoms with van der Waals surface area (Å²) in [6, 6.07) is 3.55. The third-order valence-corrected chi connectivity index (χ3v) is 3.87. The van der Waals surface area contributed by atoms with Crippen molar-refractivity contribution in [2.45, 2.75) is 25.7 Å². The number of benzene rings is 1. The van der Waals surface area contributed by atoms with Crippen LogP contribution in [0.2, 0.25) is 0 Å². The summed E-state index contributed by atoms with van der Waals surface area (Å²) in [5.74, 6) is -1.95. The van der Waals surface area contributed by atoms with Crippen molar-refractivity contribution in [1.82, 2.24) is 4.98 Å². The molecule has 124 valence electrons. The van der Waals surface area contributed by atoms with Crippen LogP contribution >= 0.6 is 11.3 Å². The molecule has 2 nitrogen and oxygen atoms in total. The number of hydrogen-bond donors (Lipinski definition) is 0. The second-order valence-corrected chi connectivity index (χ2v) is 5.69. The number of Topliss-reactive ketones (excluding diaryl/α,β-unsaturated/α-hetero) is 1. The summed E-state index contributed by atoms with van der Waals surface area (Å²) < 4.78 is 75.2. The molecule has 0 atom stereocenters. The van der Waals surface area contributed by atoms with Crippen molar-refractivity contribution in [3.63, 3.8) is 0 Å². The number of carbonyl (C=O) groups is 1. The van der Waals surface area contributed by atoms with Gasteiger partial charge in [-0.25, -0.2) is 4.98 Å². The van der Waals surface area contributed by atoms with E-state index in [1.165, 1.54) is 24.4 Å². The van der Waals surface area contributed by atoms with Crippen molar-refractivity contribution in [2.75, 3.05) is 0 Å². The molecule has 0 aliphatic heterocycles. The van der Waals surface area contributed by atoms with E-state index in [0.29, 0.717) is 0 Å². The SMILES string of the molecule is Cc1ccc(-c2csc(CC(=O)C(F)(F)F)n2)cc1C(F)(F)F. The Morgan fingerprint density at radius 2 is 1.83 bits per heavy atom. The topological polar surface area (TPSA) is 30.0 Å². The lowest BCUT2D eigenvalue weighted by Crippen LogP contribution is -2.24. The number of alkyl halides is 6. The third kappa shape index (κ3) is 4.10. The van der Waals surface area contributed by atoms with Gasteiger partial charge in [0.2, 0.25) is 5.78 Å². The lowest BCUT2D eigenvalue weighted by atomic mass is 10.0. The molecule has 2 rings (SSSR count). The van der Waals surface area contributed by atoms with Crippen LogP contribution in [0.4, 0.5) is 26.3 Å². The van der Waals surface area contributed by atoms with Gasteiger partial charge in [0, 0.05) is 10.9 Å². The van der Waals surface area contributed by atoms with Crippen molar-refractivity contribution < 1.29 is 31.1 Å². The van der Waals surface area contributed by atoms with Crippen LogP contribution < -0.4 is 0 Å². The van der Waals surface area contributed by atoms with E-state index in [9.17, 15) is 31.1 Å². The highest BCUT2D eigenvalue weighted by Crippen LogP contribution is 2.35. The molecule has 0 aliphatic rings. The van der Waals surface area contributed by atoms with Gasteiger partial charge in [0.1, 0.15) is 5.01 Å². The summed E-state index contributed by atoms with van der Waals surface area (Å²) in [5.41, 5.74) is -0.574. The van der Waals surface area contributed by atoms with Crippen LogP contribution in [-0.2, 0) is 17.4 Å². The molecule has 0 amide bonds. The molecule has 0 saturated carbocycles. The molecule has 9 heteroatoms. The number of rotatable bonds is 3. The molecule has 2 aromatic rings. The number of halogens is 6. The summed E-state index contributed by atoms with van der Waals surface area (Å²) in [7, 11) is 0. The molecule has 0 spiro atoms. The molecule has 0 N–H and O–H groups in total. The highest BCUT2D eigenvalue weighted by atomic mass is 32.1. The molecule has 1 aromatic heterocycles. The first-order valence-electron chi connectivity index (χ1n) is 6.21. The Kier molecular flexibility index (Phi) is 4.52. The van der Waals surface area contributed by atoms with Crippen LogP contribution in [0.5, 0.6) is 0 Å². The number of ketones is 1. The van der Waals surface area contributed by atoms with Gasteiger partial charge >= 0.3 is 12.4 Å². The fourth-order valence-electron chi connectivity index (χ4n) is 1.85. The second-order valence-electron chi connectivity index (χ2n) is 4.75. The number of thiazole rings is 1. The Morgan fingerprint density at radius 1 is 1.17 bits per heavy atom. The first kappa shape index (κ1) is 17.5. The van der Waals surface area contributed by atoms with Gasteiger partial charge in [-0.1, -0.05) is 12.1 Å². The lowest BCUT2D eigenvalue weighted by Gasteiger charge is -2.11. The van der Waals surface area contributed by atoms with Gasteiger partial charge in [0.25, 0.3) is 0 Å². The summed E-state index contributed by atoms with van der Waals surface area (Å²) in [6.07, 6.45) is -10.4.